The molecule has 0 aromatic heterocycles. The Hall–Kier alpha value is -3.60. The molecule has 5 nitrogen and oxygen atoms in total. The number of hydrogen-bond donors (Lipinski definition) is 3. The molecule has 0 heterocycles. The van der Waals surface area contributed by atoms with Gasteiger partial charge in [0.2, 0.25) is 0 Å². The Labute approximate surface area is 171 Å². The third kappa shape index (κ3) is 5.94. The van der Waals surface area contributed by atoms with E-state index in [4.69, 9.17) is 11.5 Å². The Morgan fingerprint density at radius 2 is 1.79 bits per heavy atom. The van der Waals surface area contributed by atoms with Crippen LogP contribution in [0.25, 0.3) is 6.08 Å². The Balaban J connectivity index is 1.62. The molecule has 5 heteroatoms. The summed E-state index contributed by atoms with van der Waals surface area (Å²) < 4.78 is 0. The van der Waals surface area contributed by atoms with E-state index in [0.29, 0.717) is 5.56 Å². The highest BCUT2D eigenvalue weighted by molar-refractivity contribution is 5.95. The second-order valence-corrected chi connectivity index (χ2v) is 7.03. The molecule has 148 valence electrons. The molecule has 0 fully saturated rings. The molecule has 0 saturated carbocycles. The van der Waals surface area contributed by atoms with E-state index in [1.54, 1.807) is 0 Å². The second kappa shape index (κ2) is 9.55. The maximum atomic E-state index is 12.6. The van der Waals surface area contributed by atoms with Crippen molar-refractivity contribution in [2.75, 3.05) is 0 Å². The monoisotopic (exact) mass is 386 g/mol. The molecule has 3 rings (SSSR count). The third-order valence-corrected chi connectivity index (χ3v) is 4.73. The summed E-state index contributed by atoms with van der Waals surface area (Å²) in [6.07, 6.45) is 8.43. The molecule has 29 heavy (non-hydrogen) atoms. The van der Waals surface area contributed by atoms with E-state index >= 15 is 0 Å². The minimum atomic E-state index is -0.145. The van der Waals surface area contributed by atoms with Crippen molar-refractivity contribution in [2.45, 2.75) is 26.2 Å². The summed E-state index contributed by atoms with van der Waals surface area (Å²) in [7, 11) is 0. The number of carbonyl (C=O) groups excluding carboxylic acids is 1. The minimum absolute atomic E-state index is 0.0263. The summed E-state index contributed by atoms with van der Waals surface area (Å²) in [6, 6.07) is 17.8. The number of carbonyl (C=O) groups is 1. The van der Waals surface area contributed by atoms with Crippen molar-refractivity contribution in [3.8, 4) is 0 Å². The summed E-state index contributed by atoms with van der Waals surface area (Å²) in [5.41, 5.74) is 16.5. The normalized spacial score (nSPS) is 13.9. The van der Waals surface area contributed by atoms with E-state index in [0.717, 1.165) is 41.8 Å². The molecule has 0 bridgehead atoms. The number of guanidine groups is 1. The van der Waals surface area contributed by atoms with Gasteiger partial charge >= 0.3 is 0 Å². The number of hydrogen-bond acceptors (Lipinski definition) is 2. The van der Waals surface area contributed by atoms with E-state index in [-0.39, 0.29) is 11.9 Å². The van der Waals surface area contributed by atoms with Gasteiger partial charge < -0.3 is 16.8 Å². The van der Waals surface area contributed by atoms with Crippen molar-refractivity contribution in [2.24, 2.45) is 16.5 Å². The predicted octanol–water partition coefficient (Wildman–Crippen LogP) is 3.90. The van der Waals surface area contributed by atoms with Crippen LogP contribution in [0.5, 0.6) is 0 Å². The molecule has 0 atom stereocenters. The molecule has 2 aromatic rings. The zero-order chi connectivity index (χ0) is 20.6. The highest BCUT2D eigenvalue weighted by Crippen LogP contribution is 2.23. The van der Waals surface area contributed by atoms with Crippen LogP contribution in [0.4, 0.5) is 0 Å². The molecule has 1 amide bonds. The number of allylic oxidation sites excluding steroid dienone is 4. The average molecular weight is 386 g/mol. The first kappa shape index (κ1) is 20.1. The zero-order valence-electron chi connectivity index (χ0n) is 16.6. The van der Waals surface area contributed by atoms with Gasteiger partial charge in [-0.1, -0.05) is 54.6 Å². The van der Waals surface area contributed by atoms with E-state index in [1.807, 2.05) is 55.5 Å². The lowest BCUT2D eigenvalue weighted by Gasteiger charge is -2.17. The number of amides is 1. The standard InChI is InChI=1S/C24H26N4O/c1-17-10-15-21(27-24(25)26)16-22(17)28-23(29)20-13-11-19(12-14-20)9-5-8-18-6-3-2-4-7-18/h2-8,11-14,16H,9-10,15H2,1H3,(H,28,29)(H4,25,26,27)/b8-5+. The molecule has 0 spiro atoms. The van der Waals surface area contributed by atoms with E-state index in [2.05, 4.69) is 34.6 Å². The topological polar surface area (TPSA) is 93.5 Å². The Morgan fingerprint density at radius 3 is 2.48 bits per heavy atom. The van der Waals surface area contributed by atoms with E-state index < -0.39 is 0 Å². The van der Waals surface area contributed by atoms with E-state index in [1.165, 1.54) is 5.56 Å². The molecule has 0 saturated heterocycles. The van der Waals surface area contributed by atoms with Crippen molar-refractivity contribution < 1.29 is 4.79 Å². The van der Waals surface area contributed by atoms with Gasteiger partial charge in [-0.25, -0.2) is 4.99 Å². The van der Waals surface area contributed by atoms with Gasteiger partial charge in [0, 0.05) is 17.0 Å². The van der Waals surface area contributed by atoms with Crippen LogP contribution in [0.1, 0.15) is 41.3 Å². The maximum Gasteiger partial charge on any atom is 0.255 e. The molecule has 1 aliphatic rings. The lowest BCUT2D eigenvalue weighted by molar-refractivity contribution is 0.0966. The van der Waals surface area contributed by atoms with Crippen molar-refractivity contribution >= 4 is 17.9 Å². The number of rotatable bonds is 6. The average Bonchev–Trinajstić information content (AvgIpc) is 2.71. The van der Waals surface area contributed by atoms with Gasteiger partial charge in [-0.3, -0.25) is 4.79 Å². The first-order chi connectivity index (χ1) is 14.0. The van der Waals surface area contributed by atoms with Gasteiger partial charge in [0.05, 0.1) is 0 Å². The highest BCUT2D eigenvalue weighted by Gasteiger charge is 2.14. The Morgan fingerprint density at radius 1 is 1.07 bits per heavy atom. The summed E-state index contributed by atoms with van der Waals surface area (Å²) in [6.45, 7) is 2.00. The van der Waals surface area contributed by atoms with Gasteiger partial charge in [-0.05, 0) is 61.1 Å². The molecule has 0 aliphatic heterocycles. The lowest BCUT2D eigenvalue weighted by atomic mass is 10.0. The predicted molar refractivity (Wildman–Crippen MR) is 119 cm³/mol. The summed E-state index contributed by atoms with van der Waals surface area (Å²) in [5.74, 6) is -0.119. The number of nitrogens with one attached hydrogen (secondary N) is 1. The zero-order valence-corrected chi connectivity index (χ0v) is 16.6. The summed E-state index contributed by atoms with van der Waals surface area (Å²) in [5, 5.41) is 2.97. The molecular formula is C24H26N4O. The van der Waals surface area contributed by atoms with Crippen molar-refractivity contribution in [3.05, 3.63) is 100 Å². The van der Waals surface area contributed by atoms with Crippen molar-refractivity contribution in [1.29, 1.82) is 0 Å². The lowest BCUT2D eigenvalue weighted by Crippen LogP contribution is -2.25. The van der Waals surface area contributed by atoms with Crippen LogP contribution < -0.4 is 16.8 Å². The van der Waals surface area contributed by atoms with E-state index in [9.17, 15) is 4.79 Å². The third-order valence-electron chi connectivity index (χ3n) is 4.73. The van der Waals surface area contributed by atoms with Crippen molar-refractivity contribution in [1.82, 2.24) is 5.32 Å². The molecule has 5 N–H and O–H groups in total. The fraction of sp³-hybridized carbons (Fsp3) is 0.167. The van der Waals surface area contributed by atoms with Gasteiger partial charge in [-0.15, -0.1) is 0 Å². The first-order valence-electron chi connectivity index (χ1n) is 9.63. The van der Waals surface area contributed by atoms with Gasteiger partial charge in [0.25, 0.3) is 5.91 Å². The Bertz CT molecular complexity index is 979. The van der Waals surface area contributed by atoms with Crippen molar-refractivity contribution in [3.63, 3.8) is 0 Å². The number of aliphatic imine (C=N–C) groups is 1. The Kier molecular flexibility index (Phi) is 6.63. The smallest absolute Gasteiger partial charge is 0.255 e. The van der Waals surface area contributed by atoms with Crippen LogP contribution in [0.3, 0.4) is 0 Å². The van der Waals surface area contributed by atoms with Crippen LogP contribution in [-0.4, -0.2) is 11.9 Å². The summed E-state index contributed by atoms with van der Waals surface area (Å²) >= 11 is 0. The number of nitrogens with zero attached hydrogens (tertiary/aromatic N) is 1. The van der Waals surface area contributed by atoms with Crippen LogP contribution in [0, 0.1) is 0 Å². The van der Waals surface area contributed by atoms with Gasteiger partial charge in [0.15, 0.2) is 5.96 Å². The van der Waals surface area contributed by atoms with Gasteiger partial charge in [-0.2, -0.15) is 0 Å². The van der Waals surface area contributed by atoms with Gasteiger partial charge in [0.1, 0.15) is 0 Å². The minimum Gasteiger partial charge on any atom is -0.370 e. The summed E-state index contributed by atoms with van der Waals surface area (Å²) in [4.78, 5) is 16.7. The molecule has 1 aliphatic carbocycles. The number of nitrogens with two attached hydrogens (primary N) is 2. The molecule has 2 aromatic carbocycles. The SMILES string of the molecule is CC1=C(NC(=O)c2ccc(C/C=C/c3ccccc3)cc2)C=C(N=C(N)N)CC1. The second-order valence-electron chi connectivity index (χ2n) is 7.03. The van der Waals surface area contributed by atoms with Crippen LogP contribution >= 0.6 is 0 Å². The molecule has 0 unspecified atom stereocenters. The van der Waals surface area contributed by atoms with Crippen LogP contribution in [0.2, 0.25) is 0 Å². The van der Waals surface area contributed by atoms with Crippen LogP contribution in [-0.2, 0) is 6.42 Å². The molecular weight excluding hydrogens is 360 g/mol. The highest BCUT2D eigenvalue weighted by atomic mass is 16.1. The largest absolute Gasteiger partial charge is 0.370 e. The first-order valence-corrected chi connectivity index (χ1v) is 9.63. The maximum absolute atomic E-state index is 12.6. The fourth-order valence-electron chi connectivity index (χ4n) is 3.09. The quantitative estimate of drug-likeness (QED) is 0.519. The number of benzene rings is 2. The van der Waals surface area contributed by atoms with Crippen LogP contribution in [0.15, 0.2) is 88.7 Å². The molecule has 0 radical (unpaired) electrons. The fourth-order valence-corrected chi connectivity index (χ4v) is 3.09.